The van der Waals surface area contributed by atoms with E-state index >= 15 is 0 Å². The standard InChI is InChI=1S/C42H36P2Si/c1-45(2)41(43(35-25-13-5-14-26-35)36-27-15-6-16-28-36)39(33-21-9-3-10-22-33)40(34-23-11-4-12-24-34)42(45)44(37-29-17-7-18-30-37)38-31-19-8-20-32-38/h3-32H,1-2H3. The molecule has 0 atom stereocenters. The molecular weight excluding hydrogens is 594 g/mol. The molecule has 3 heteroatoms. The Morgan fingerprint density at radius 2 is 0.533 bits per heavy atom. The van der Waals surface area contributed by atoms with E-state index in [9.17, 15) is 0 Å². The zero-order valence-electron chi connectivity index (χ0n) is 25.7. The van der Waals surface area contributed by atoms with E-state index in [1.165, 1.54) is 43.5 Å². The molecule has 218 valence electrons. The summed E-state index contributed by atoms with van der Waals surface area (Å²) in [4.78, 5) is 3.32. The van der Waals surface area contributed by atoms with E-state index in [0.717, 1.165) is 0 Å². The highest BCUT2D eigenvalue weighted by molar-refractivity contribution is 7.84. The van der Waals surface area contributed by atoms with Crippen LogP contribution in [-0.4, -0.2) is 8.07 Å². The topological polar surface area (TPSA) is 0 Å². The molecular formula is C42H36P2Si. The molecule has 45 heavy (non-hydrogen) atoms. The summed E-state index contributed by atoms with van der Waals surface area (Å²) in [6, 6.07) is 67.6. The van der Waals surface area contributed by atoms with E-state index in [1.807, 2.05) is 0 Å². The predicted octanol–water partition coefficient (Wildman–Crippen LogP) is 9.88. The van der Waals surface area contributed by atoms with Gasteiger partial charge in [0, 0.05) is 0 Å². The molecule has 1 aliphatic rings. The van der Waals surface area contributed by atoms with Gasteiger partial charge in [-0.1, -0.05) is 195 Å². The second-order valence-electron chi connectivity index (χ2n) is 11.8. The van der Waals surface area contributed by atoms with Gasteiger partial charge in [-0.2, -0.15) is 0 Å². The maximum absolute atomic E-state index is 2.64. The van der Waals surface area contributed by atoms with E-state index in [0.29, 0.717) is 0 Å². The van der Waals surface area contributed by atoms with Gasteiger partial charge in [0.2, 0.25) is 0 Å². The number of benzene rings is 6. The van der Waals surface area contributed by atoms with Crippen LogP contribution >= 0.6 is 15.8 Å². The largest absolute Gasteiger partial charge is 0.116 e. The Bertz CT molecular complexity index is 1710. The summed E-state index contributed by atoms with van der Waals surface area (Å²) in [6.45, 7) is 5.28. The van der Waals surface area contributed by atoms with Crippen LogP contribution in [-0.2, 0) is 0 Å². The van der Waals surface area contributed by atoms with Crippen molar-refractivity contribution in [3.8, 4) is 0 Å². The van der Waals surface area contributed by atoms with Crippen LogP contribution in [0.3, 0.4) is 0 Å². The van der Waals surface area contributed by atoms with E-state index in [4.69, 9.17) is 0 Å². The van der Waals surface area contributed by atoms with Crippen LogP contribution in [0.1, 0.15) is 11.1 Å². The van der Waals surface area contributed by atoms with Gasteiger partial charge < -0.3 is 0 Å². The first-order chi connectivity index (χ1) is 22.1. The first-order valence-corrected chi connectivity index (χ1v) is 21.2. The number of hydrogen-bond acceptors (Lipinski definition) is 0. The molecule has 7 rings (SSSR count). The van der Waals surface area contributed by atoms with Gasteiger partial charge in [0.05, 0.1) is 0 Å². The molecule has 0 saturated carbocycles. The molecule has 6 aromatic rings. The lowest BCUT2D eigenvalue weighted by atomic mass is 9.95. The molecule has 0 aromatic heterocycles. The second-order valence-corrected chi connectivity index (χ2v) is 21.2. The quantitative estimate of drug-likeness (QED) is 0.116. The molecule has 0 fully saturated rings. The Kier molecular flexibility index (Phi) is 8.60. The summed E-state index contributed by atoms with van der Waals surface area (Å²) in [7, 11) is -3.93. The molecule has 1 heterocycles. The van der Waals surface area contributed by atoms with Crippen molar-refractivity contribution in [1.82, 2.24) is 0 Å². The molecule has 6 aromatic carbocycles. The monoisotopic (exact) mass is 630 g/mol. The minimum atomic E-state index is -2.33. The average molecular weight is 631 g/mol. The third kappa shape index (κ3) is 5.74. The van der Waals surface area contributed by atoms with Crippen molar-refractivity contribution >= 4 is 56.3 Å². The molecule has 0 aliphatic carbocycles. The lowest BCUT2D eigenvalue weighted by molar-refractivity contribution is 1.59. The van der Waals surface area contributed by atoms with Gasteiger partial charge >= 0.3 is 0 Å². The van der Waals surface area contributed by atoms with Gasteiger partial charge in [-0.25, -0.2) is 0 Å². The highest BCUT2D eigenvalue weighted by Crippen LogP contribution is 2.66. The molecule has 0 nitrogen and oxygen atoms in total. The van der Waals surface area contributed by atoms with E-state index in [-0.39, 0.29) is 0 Å². The molecule has 0 amide bonds. The van der Waals surface area contributed by atoms with Crippen molar-refractivity contribution in [3.63, 3.8) is 0 Å². The fourth-order valence-electron chi connectivity index (χ4n) is 6.65. The van der Waals surface area contributed by atoms with Gasteiger partial charge in [0.25, 0.3) is 0 Å². The highest BCUT2D eigenvalue weighted by atomic mass is 31.1. The van der Waals surface area contributed by atoms with Gasteiger partial charge in [-0.15, -0.1) is 0 Å². The molecule has 0 unspecified atom stereocenters. The fourth-order valence-corrected chi connectivity index (χ4v) is 20.1. The molecule has 0 saturated heterocycles. The van der Waals surface area contributed by atoms with E-state index in [2.05, 4.69) is 195 Å². The van der Waals surface area contributed by atoms with Crippen LogP contribution < -0.4 is 21.2 Å². The van der Waals surface area contributed by atoms with Crippen LogP contribution in [0.25, 0.3) is 11.1 Å². The Balaban J connectivity index is 1.62. The summed E-state index contributed by atoms with van der Waals surface area (Å²) >= 11 is 0. The van der Waals surface area contributed by atoms with Crippen molar-refractivity contribution in [1.29, 1.82) is 0 Å². The Morgan fingerprint density at radius 1 is 0.311 bits per heavy atom. The lowest BCUT2D eigenvalue weighted by Crippen LogP contribution is -2.35. The third-order valence-corrected chi connectivity index (χ3v) is 20.7. The maximum Gasteiger partial charge on any atom is 0.116 e. The summed E-state index contributed by atoms with van der Waals surface area (Å²) < 4.78 is 0. The Labute approximate surface area is 271 Å². The predicted molar refractivity (Wildman–Crippen MR) is 202 cm³/mol. The summed E-state index contributed by atoms with van der Waals surface area (Å²) in [6.07, 6.45) is 0. The molecule has 0 spiro atoms. The van der Waals surface area contributed by atoms with E-state index in [1.54, 1.807) is 9.87 Å². The van der Waals surface area contributed by atoms with Gasteiger partial charge in [0.15, 0.2) is 0 Å². The van der Waals surface area contributed by atoms with E-state index < -0.39 is 23.9 Å². The summed E-state index contributed by atoms with van der Waals surface area (Å²) in [5, 5.41) is 5.67. The number of hydrogen-bond donors (Lipinski definition) is 0. The smallest absolute Gasteiger partial charge is 0.0622 e. The first kappa shape index (κ1) is 29.6. The maximum atomic E-state index is 2.64. The highest BCUT2D eigenvalue weighted by Gasteiger charge is 2.49. The van der Waals surface area contributed by atoms with Crippen molar-refractivity contribution in [2.75, 3.05) is 0 Å². The van der Waals surface area contributed by atoms with Crippen molar-refractivity contribution < 1.29 is 0 Å². The van der Waals surface area contributed by atoms with Crippen molar-refractivity contribution in [2.45, 2.75) is 13.1 Å². The fraction of sp³-hybridized carbons (Fsp3) is 0.0476. The molecule has 0 bridgehead atoms. The minimum absolute atomic E-state index is 0.799. The molecule has 1 aliphatic heterocycles. The lowest BCUT2D eigenvalue weighted by Gasteiger charge is -2.36. The van der Waals surface area contributed by atoms with Crippen LogP contribution in [0.4, 0.5) is 0 Å². The summed E-state index contributed by atoms with van der Waals surface area (Å²) in [5.41, 5.74) is 5.54. The van der Waals surface area contributed by atoms with Crippen LogP contribution in [0.5, 0.6) is 0 Å². The second kappa shape index (κ2) is 13.1. The Hall–Kier alpha value is -4.12. The summed E-state index contributed by atoms with van der Waals surface area (Å²) in [5.74, 6) is 0. The van der Waals surface area contributed by atoms with Crippen LogP contribution in [0.15, 0.2) is 192 Å². The van der Waals surface area contributed by atoms with Crippen LogP contribution in [0, 0.1) is 0 Å². The normalized spacial score (nSPS) is 14.4. The zero-order chi connectivity index (χ0) is 30.6. The molecule has 0 N–H and O–H groups in total. The van der Waals surface area contributed by atoms with Crippen molar-refractivity contribution in [2.24, 2.45) is 0 Å². The minimum Gasteiger partial charge on any atom is -0.0622 e. The number of allylic oxidation sites excluding steroid dienone is 2. The molecule has 0 radical (unpaired) electrons. The van der Waals surface area contributed by atoms with Crippen molar-refractivity contribution in [3.05, 3.63) is 203 Å². The van der Waals surface area contributed by atoms with Gasteiger partial charge in [-0.05, 0) is 69.2 Å². The number of rotatable bonds is 8. The third-order valence-electron chi connectivity index (χ3n) is 8.54. The first-order valence-electron chi connectivity index (χ1n) is 15.6. The van der Waals surface area contributed by atoms with Gasteiger partial charge in [-0.3, -0.25) is 0 Å². The SMILES string of the molecule is C[Si]1(C)C(P(c2ccccc2)c2ccccc2)=C(c2ccccc2)C(c2ccccc2)=C1P(c1ccccc1)c1ccccc1. The zero-order valence-corrected chi connectivity index (χ0v) is 28.5. The van der Waals surface area contributed by atoms with Crippen LogP contribution in [0.2, 0.25) is 13.1 Å². The average Bonchev–Trinajstić information content (AvgIpc) is 3.34. The Morgan fingerprint density at radius 3 is 0.778 bits per heavy atom. The van der Waals surface area contributed by atoms with Gasteiger partial charge in [0.1, 0.15) is 8.07 Å².